The number of hydrogen-bond donors (Lipinski definition) is 2. The number of methoxy groups -OCH3 is 1. The molecule has 0 saturated heterocycles. The molecule has 0 aromatic heterocycles. The highest BCUT2D eigenvalue weighted by Gasteiger charge is 2.41. The molecule has 1 aliphatic carbocycles. The zero-order valence-electron chi connectivity index (χ0n) is 11.8. The maximum atomic E-state index is 14.2. The van der Waals surface area contributed by atoms with Crippen LogP contribution in [-0.2, 0) is 4.74 Å². The van der Waals surface area contributed by atoms with Crippen LogP contribution in [0.5, 0.6) is 0 Å². The monoisotopic (exact) mass is 300 g/mol. The summed E-state index contributed by atoms with van der Waals surface area (Å²) >= 11 is 6.19. The molecule has 0 aliphatic heterocycles. The zero-order valence-corrected chi connectivity index (χ0v) is 12.5. The van der Waals surface area contributed by atoms with E-state index in [1.54, 1.807) is 19.2 Å². The molecule has 20 heavy (non-hydrogen) atoms. The van der Waals surface area contributed by atoms with Gasteiger partial charge < -0.3 is 4.74 Å². The van der Waals surface area contributed by atoms with E-state index in [1.165, 1.54) is 18.9 Å². The topological polar surface area (TPSA) is 47.3 Å². The van der Waals surface area contributed by atoms with Crippen LogP contribution >= 0.6 is 11.6 Å². The SMILES string of the molecule is COC1(C(NN)c2c(F)cccc2Cl)CCCCCC1. The van der Waals surface area contributed by atoms with E-state index in [4.69, 9.17) is 22.2 Å². The molecule has 2 rings (SSSR count). The molecule has 1 aromatic rings. The largest absolute Gasteiger partial charge is 0.376 e. The van der Waals surface area contributed by atoms with Gasteiger partial charge in [0.2, 0.25) is 0 Å². The lowest BCUT2D eigenvalue weighted by atomic mass is 9.82. The first-order chi connectivity index (χ1) is 9.64. The second kappa shape index (κ2) is 6.85. The number of hydrogen-bond acceptors (Lipinski definition) is 3. The molecule has 0 amide bonds. The van der Waals surface area contributed by atoms with Crippen LogP contribution in [0.15, 0.2) is 18.2 Å². The van der Waals surface area contributed by atoms with E-state index in [9.17, 15) is 4.39 Å². The van der Waals surface area contributed by atoms with Crippen LogP contribution in [0, 0.1) is 5.82 Å². The average molecular weight is 301 g/mol. The Labute approximate surface area is 124 Å². The summed E-state index contributed by atoms with van der Waals surface area (Å²) in [5.41, 5.74) is 2.64. The predicted octanol–water partition coefficient (Wildman–Crippen LogP) is 3.72. The van der Waals surface area contributed by atoms with Crippen molar-refractivity contribution in [2.24, 2.45) is 5.84 Å². The summed E-state index contributed by atoms with van der Waals surface area (Å²) in [6.07, 6.45) is 6.16. The van der Waals surface area contributed by atoms with Crippen molar-refractivity contribution in [2.45, 2.75) is 50.2 Å². The Kier molecular flexibility index (Phi) is 5.38. The van der Waals surface area contributed by atoms with Crippen molar-refractivity contribution < 1.29 is 9.13 Å². The van der Waals surface area contributed by atoms with Gasteiger partial charge in [0.25, 0.3) is 0 Å². The van der Waals surface area contributed by atoms with Gasteiger partial charge >= 0.3 is 0 Å². The van der Waals surface area contributed by atoms with Crippen molar-refractivity contribution >= 4 is 11.6 Å². The van der Waals surface area contributed by atoms with Gasteiger partial charge in [-0.05, 0) is 25.0 Å². The minimum absolute atomic E-state index is 0.346. The first kappa shape index (κ1) is 15.7. The fourth-order valence-electron chi connectivity index (χ4n) is 3.22. The van der Waals surface area contributed by atoms with Gasteiger partial charge in [-0.15, -0.1) is 0 Å². The lowest BCUT2D eigenvalue weighted by molar-refractivity contribution is -0.0549. The first-order valence-electron chi connectivity index (χ1n) is 7.10. The van der Waals surface area contributed by atoms with Crippen molar-refractivity contribution in [3.05, 3.63) is 34.6 Å². The Morgan fingerprint density at radius 1 is 1.30 bits per heavy atom. The maximum absolute atomic E-state index is 14.2. The molecular weight excluding hydrogens is 279 g/mol. The van der Waals surface area contributed by atoms with Crippen LogP contribution in [0.1, 0.15) is 50.1 Å². The van der Waals surface area contributed by atoms with E-state index in [-0.39, 0.29) is 5.82 Å². The highest BCUT2D eigenvalue weighted by molar-refractivity contribution is 6.31. The third-order valence-corrected chi connectivity index (χ3v) is 4.67. The molecule has 1 aromatic carbocycles. The summed E-state index contributed by atoms with van der Waals surface area (Å²) in [7, 11) is 1.67. The van der Waals surface area contributed by atoms with Crippen molar-refractivity contribution in [3.8, 4) is 0 Å². The fraction of sp³-hybridized carbons (Fsp3) is 0.600. The quantitative estimate of drug-likeness (QED) is 0.506. The highest BCUT2D eigenvalue weighted by Crippen LogP contribution is 2.42. The molecular formula is C15H22ClFN2O. The Hall–Kier alpha value is -0.680. The lowest BCUT2D eigenvalue weighted by Crippen LogP contribution is -2.48. The van der Waals surface area contributed by atoms with Gasteiger partial charge in [-0.25, -0.2) is 9.82 Å². The summed E-state index contributed by atoms with van der Waals surface area (Å²) in [6.45, 7) is 0. The molecule has 3 N–H and O–H groups in total. The van der Waals surface area contributed by atoms with E-state index < -0.39 is 11.6 Å². The van der Waals surface area contributed by atoms with E-state index in [0.717, 1.165) is 25.7 Å². The summed E-state index contributed by atoms with van der Waals surface area (Å²) in [4.78, 5) is 0. The molecule has 0 spiro atoms. The molecule has 5 heteroatoms. The normalized spacial score (nSPS) is 20.4. The van der Waals surface area contributed by atoms with Crippen LogP contribution in [-0.4, -0.2) is 12.7 Å². The molecule has 0 radical (unpaired) electrons. The number of hydrazine groups is 1. The van der Waals surface area contributed by atoms with Crippen molar-refractivity contribution in [1.82, 2.24) is 5.43 Å². The van der Waals surface area contributed by atoms with E-state index in [2.05, 4.69) is 5.43 Å². The van der Waals surface area contributed by atoms with Gasteiger partial charge in [0, 0.05) is 17.7 Å². The van der Waals surface area contributed by atoms with Crippen LogP contribution in [0.4, 0.5) is 4.39 Å². The first-order valence-corrected chi connectivity index (χ1v) is 7.47. The van der Waals surface area contributed by atoms with Gasteiger partial charge in [0.05, 0.1) is 11.6 Å². The van der Waals surface area contributed by atoms with E-state index >= 15 is 0 Å². The summed E-state index contributed by atoms with van der Waals surface area (Å²) in [5, 5.41) is 0.383. The second-order valence-electron chi connectivity index (χ2n) is 5.42. The fourth-order valence-corrected chi connectivity index (χ4v) is 3.49. The minimum atomic E-state index is -0.503. The number of rotatable bonds is 4. The Bertz CT molecular complexity index is 427. The third kappa shape index (κ3) is 2.98. The minimum Gasteiger partial charge on any atom is -0.376 e. The Morgan fingerprint density at radius 2 is 1.95 bits per heavy atom. The van der Waals surface area contributed by atoms with Gasteiger partial charge in [0.1, 0.15) is 5.82 Å². The van der Waals surface area contributed by atoms with Crippen LogP contribution in [0.25, 0.3) is 0 Å². The van der Waals surface area contributed by atoms with Crippen molar-refractivity contribution in [3.63, 3.8) is 0 Å². The molecule has 1 fully saturated rings. The number of benzene rings is 1. The second-order valence-corrected chi connectivity index (χ2v) is 5.83. The molecule has 1 unspecified atom stereocenters. The summed E-state index contributed by atoms with van der Waals surface area (Å²) < 4.78 is 20.0. The van der Waals surface area contributed by atoms with Crippen LogP contribution < -0.4 is 11.3 Å². The Balaban J connectivity index is 2.43. The molecule has 1 saturated carbocycles. The summed E-state index contributed by atoms with van der Waals surface area (Å²) in [5.74, 6) is 5.38. The molecule has 1 atom stereocenters. The third-order valence-electron chi connectivity index (χ3n) is 4.34. The number of halogens is 2. The smallest absolute Gasteiger partial charge is 0.129 e. The molecule has 0 bridgehead atoms. The average Bonchev–Trinajstić information content (AvgIpc) is 2.69. The number of nitrogens with one attached hydrogen (secondary N) is 1. The van der Waals surface area contributed by atoms with E-state index in [0.29, 0.717) is 10.6 Å². The molecule has 1 aliphatic rings. The van der Waals surface area contributed by atoms with Gasteiger partial charge in [-0.1, -0.05) is 43.4 Å². The van der Waals surface area contributed by atoms with Gasteiger partial charge in [-0.2, -0.15) is 0 Å². The van der Waals surface area contributed by atoms with Crippen molar-refractivity contribution in [1.29, 1.82) is 0 Å². The summed E-state index contributed by atoms with van der Waals surface area (Å²) in [6, 6.07) is 4.25. The molecule has 0 heterocycles. The maximum Gasteiger partial charge on any atom is 0.129 e. The van der Waals surface area contributed by atoms with Crippen LogP contribution in [0.2, 0.25) is 5.02 Å². The van der Waals surface area contributed by atoms with Gasteiger partial charge in [-0.3, -0.25) is 5.84 Å². The zero-order chi connectivity index (χ0) is 14.6. The predicted molar refractivity (Wildman–Crippen MR) is 78.9 cm³/mol. The lowest BCUT2D eigenvalue weighted by Gasteiger charge is -2.39. The standard InChI is InChI=1S/C15H22ClFN2O/c1-20-15(9-4-2-3-5-10-15)14(19-18)13-11(16)7-6-8-12(13)17/h6-8,14,19H,2-5,9-10,18H2,1H3. The van der Waals surface area contributed by atoms with Crippen LogP contribution in [0.3, 0.4) is 0 Å². The van der Waals surface area contributed by atoms with Crippen molar-refractivity contribution in [2.75, 3.05) is 7.11 Å². The highest BCUT2D eigenvalue weighted by atomic mass is 35.5. The molecule has 3 nitrogen and oxygen atoms in total. The number of nitrogens with two attached hydrogens (primary N) is 1. The number of ether oxygens (including phenoxy) is 1. The van der Waals surface area contributed by atoms with E-state index in [1.807, 2.05) is 0 Å². The van der Waals surface area contributed by atoms with Gasteiger partial charge in [0.15, 0.2) is 0 Å². The Morgan fingerprint density at radius 3 is 2.45 bits per heavy atom. The molecule has 112 valence electrons.